The largest absolute Gasteiger partial charge is 0.469 e. The zero-order chi connectivity index (χ0) is 18.0. The van der Waals surface area contributed by atoms with Crippen LogP contribution in [0, 0.1) is 10.8 Å². The number of benzene rings is 1. The Morgan fingerprint density at radius 3 is 2.21 bits per heavy atom. The Morgan fingerprint density at radius 1 is 1.04 bits per heavy atom. The molecule has 1 aromatic heterocycles. The lowest BCUT2D eigenvalue weighted by molar-refractivity contribution is -0.00471. The molecule has 130 valence electrons. The number of ether oxygens (including phenoxy) is 1. The van der Waals surface area contributed by atoms with Crippen LogP contribution in [0.3, 0.4) is 0 Å². The van der Waals surface area contributed by atoms with Gasteiger partial charge in [0.1, 0.15) is 11.9 Å². The molecule has 0 aliphatic rings. The number of hydrogen-bond acceptors (Lipinski definition) is 3. The van der Waals surface area contributed by atoms with Crippen molar-refractivity contribution in [2.24, 2.45) is 10.8 Å². The molecule has 2 rings (SSSR count). The van der Waals surface area contributed by atoms with Gasteiger partial charge in [-0.2, -0.15) is 0 Å². The highest BCUT2D eigenvalue weighted by atomic mass is 16.5. The highest BCUT2D eigenvalue weighted by Crippen LogP contribution is 2.40. The maximum Gasteiger partial charge on any atom is 0.338 e. The normalized spacial score (nSPS) is 13.6. The second kappa shape index (κ2) is 6.84. The Balaban J connectivity index is 2.31. The van der Waals surface area contributed by atoms with Gasteiger partial charge >= 0.3 is 5.97 Å². The summed E-state index contributed by atoms with van der Waals surface area (Å²) in [5.41, 5.74) is 1.38. The molecular formula is C21H28O3. The molecule has 0 aliphatic heterocycles. The van der Waals surface area contributed by atoms with Gasteiger partial charge in [-0.05, 0) is 23.6 Å². The van der Waals surface area contributed by atoms with Crippen LogP contribution in [-0.4, -0.2) is 5.97 Å². The average molecular weight is 328 g/mol. The predicted molar refractivity (Wildman–Crippen MR) is 95.9 cm³/mol. The van der Waals surface area contributed by atoms with Crippen LogP contribution >= 0.6 is 0 Å². The van der Waals surface area contributed by atoms with E-state index in [1.54, 1.807) is 18.4 Å². The van der Waals surface area contributed by atoms with Gasteiger partial charge in [-0.1, -0.05) is 59.7 Å². The maximum atomic E-state index is 12.5. The molecule has 1 unspecified atom stereocenters. The van der Waals surface area contributed by atoms with Gasteiger partial charge in [0.05, 0.1) is 11.8 Å². The SMILES string of the molecule is CC(C)(C)Cc1occc1C(OC(=O)c1ccccc1)C(C)(C)C. The van der Waals surface area contributed by atoms with Crippen molar-refractivity contribution in [1.82, 2.24) is 0 Å². The average Bonchev–Trinajstić information content (AvgIpc) is 2.89. The predicted octanol–water partition coefficient (Wildman–Crippen LogP) is 5.81. The third kappa shape index (κ3) is 4.73. The van der Waals surface area contributed by atoms with E-state index < -0.39 is 0 Å². The van der Waals surface area contributed by atoms with Gasteiger partial charge in [0.2, 0.25) is 0 Å². The fourth-order valence-corrected chi connectivity index (χ4v) is 2.67. The Labute approximate surface area is 145 Å². The van der Waals surface area contributed by atoms with Crippen molar-refractivity contribution >= 4 is 5.97 Å². The highest BCUT2D eigenvalue weighted by molar-refractivity contribution is 5.89. The summed E-state index contributed by atoms with van der Waals surface area (Å²) >= 11 is 0. The molecule has 1 atom stereocenters. The van der Waals surface area contributed by atoms with E-state index in [1.807, 2.05) is 24.3 Å². The lowest BCUT2D eigenvalue weighted by Gasteiger charge is -2.31. The first-order valence-corrected chi connectivity index (χ1v) is 8.40. The molecule has 0 bridgehead atoms. The van der Waals surface area contributed by atoms with E-state index in [4.69, 9.17) is 9.15 Å². The van der Waals surface area contributed by atoms with Gasteiger partial charge in [-0.15, -0.1) is 0 Å². The molecule has 1 heterocycles. The van der Waals surface area contributed by atoms with Crippen LogP contribution in [0.2, 0.25) is 0 Å². The number of furan rings is 1. The third-order valence-corrected chi connectivity index (χ3v) is 3.77. The number of esters is 1. The topological polar surface area (TPSA) is 39.4 Å². The monoisotopic (exact) mass is 328 g/mol. The fourth-order valence-electron chi connectivity index (χ4n) is 2.67. The van der Waals surface area contributed by atoms with Crippen molar-refractivity contribution in [2.45, 2.75) is 54.1 Å². The fraction of sp³-hybridized carbons (Fsp3) is 0.476. The van der Waals surface area contributed by atoms with Crippen molar-refractivity contribution in [1.29, 1.82) is 0 Å². The minimum Gasteiger partial charge on any atom is -0.469 e. The third-order valence-electron chi connectivity index (χ3n) is 3.77. The van der Waals surface area contributed by atoms with Crippen molar-refractivity contribution in [2.75, 3.05) is 0 Å². The smallest absolute Gasteiger partial charge is 0.338 e. The molecule has 0 spiro atoms. The summed E-state index contributed by atoms with van der Waals surface area (Å²) in [6.45, 7) is 12.7. The summed E-state index contributed by atoms with van der Waals surface area (Å²) in [6.07, 6.45) is 2.12. The van der Waals surface area contributed by atoms with Crippen LogP contribution in [0.1, 0.15) is 69.3 Å². The maximum absolute atomic E-state index is 12.5. The quantitative estimate of drug-likeness (QED) is 0.665. The standard InChI is InChI=1S/C21H28O3/c1-20(2,3)14-17-16(12-13-23-17)18(21(4,5)6)24-19(22)15-10-8-7-9-11-15/h7-13,18H,14H2,1-6H3. The summed E-state index contributed by atoms with van der Waals surface area (Å²) in [5, 5.41) is 0. The first-order valence-electron chi connectivity index (χ1n) is 8.40. The van der Waals surface area contributed by atoms with Crippen molar-refractivity contribution in [3.63, 3.8) is 0 Å². The number of hydrogen-bond donors (Lipinski definition) is 0. The molecular weight excluding hydrogens is 300 g/mol. The van der Waals surface area contributed by atoms with Crippen molar-refractivity contribution in [3.05, 3.63) is 59.5 Å². The van der Waals surface area contributed by atoms with E-state index >= 15 is 0 Å². The van der Waals surface area contributed by atoms with Gasteiger partial charge in [0, 0.05) is 17.4 Å². The zero-order valence-electron chi connectivity index (χ0n) is 15.6. The molecule has 0 saturated carbocycles. The second-order valence-electron chi connectivity index (χ2n) is 8.55. The first kappa shape index (κ1) is 18.3. The van der Waals surface area contributed by atoms with Crippen molar-refractivity contribution < 1.29 is 13.9 Å². The molecule has 0 radical (unpaired) electrons. The second-order valence-corrected chi connectivity index (χ2v) is 8.55. The lowest BCUT2D eigenvalue weighted by atomic mass is 9.82. The van der Waals surface area contributed by atoms with E-state index in [0.29, 0.717) is 5.56 Å². The van der Waals surface area contributed by atoms with Crippen LogP contribution in [0.25, 0.3) is 0 Å². The molecule has 1 aromatic carbocycles. The van der Waals surface area contributed by atoms with E-state index in [1.165, 1.54) is 0 Å². The Bertz CT molecular complexity index is 669. The Kier molecular flexibility index (Phi) is 5.22. The summed E-state index contributed by atoms with van der Waals surface area (Å²) in [5.74, 6) is 0.585. The molecule has 3 heteroatoms. The molecule has 0 N–H and O–H groups in total. The van der Waals surface area contributed by atoms with Crippen LogP contribution in [0.5, 0.6) is 0 Å². The minimum absolute atomic E-state index is 0.0957. The molecule has 0 saturated heterocycles. The minimum atomic E-state index is -0.360. The number of carbonyl (C=O) groups excluding carboxylic acids is 1. The summed E-state index contributed by atoms with van der Waals surface area (Å²) in [6, 6.07) is 11.0. The molecule has 0 amide bonds. The van der Waals surface area contributed by atoms with E-state index in [0.717, 1.165) is 17.7 Å². The molecule has 0 fully saturated rings. The molecule has 0 aliphatic carbocycles. The summed E-state index contributed by atoms with van der Waals surface area (Å²) < 4.78 is 11.6. The van der Waals surface area contributed by atoms with Gasteiger partial charge in [0.15, 0.2) is 0 Å². The number of carbonyl (C=O) groups is 1. The van der Waals surface area contributed by atoms with Gasteiger partial charge < -0.3 is 9.15 Å². The van der Waals surface area contributed by atoms with Gasteiger partial charge in [-0.25, -0.2) is 4.79 Å². The molecule has 2 aromatic rings. The highest BCUT2D eigenvalue weighted by Gasteiger charge is 2.34. The van der Waals surface area contributed by atoms with E-state index in [9.17, 15) is 4.79 Å². The van der Waals surface area contributed by atoms with Gasteiger partial charge in [0.25, 0.3) is 0 Å². The van der Waals surface area contributed by atoms with Crippen LogP contribution in [-0.2, 0) is 11.2 Å². The molecule has 24 heavy (non-hydrogen) atoms. The van der Waals surface area contributed by atoms with Crippen LogP contribution < -0.4 is 0 Å². The molecule has 3 nitrogen and oxygen atoms in total. The van der Waals surface area contributed by atoms with Crippen molar-refractivity contribution in [3.8, 4) is 0 Å². The first-order chi connectivity index (χ1) is 11.1. The van der Waals surface area contributed by atoms with E-state index in [-0.39, 0.29) is 22.9 Å². The van der Waals surface area contributed by atoms with Crippen LogP contribution in [0.4, 0.5) is 0 Å². The Hall–Kier alpha value is -2.03. The van der Waals surface area contributed by atoms with Gasteiger partial charge in [-0.3, -0.25) is 0 Å². The Morgan fingerprint density at radius 2 is 1.67 bits per heavy atom. The summed E-state index contributed by atoms with van der Waals surface area (Å²) in [4.78, 5) is 12.5. The number of rotatable bonds is 4. The zero-order valence-corrected chi connectivity index (χ0v) is 15.6. The van der Waals surface area contributed by atoms with Crippen LogP contribution in [0.15, 0.2) is 47.1 Å². The lowest BCUT2D eigenvalue weighted by Crippen LogP contribution is -2.25. The van der Waals surface area contributed by atoms with E-state index in [2.05, 4.69) is 41.5 Å². The summed E-state index contributed by atoms with van der Waals surface area (Å²) in [7, 11) is 0.